The van der Waals surface area contributed by atoms with Crippen LogP contribution in [0.5, 0.6) is 0 Å². The second-order valence-corrected chi connectivity index (χ2v) is 5.91. The van der Waals surface area contributed by atoms with Gasteiger partial charge in [-0.25, -0.2) is 0 Å². The van der Waals surface area contributed by atoms with Crippen molar-refractivity contribution in [3.63, 3.8) is 0 Å². The van der Waals surface area contributed by atoms with Crippen LogP contribution < -0.4 is 5.32 Å². The minimum absolute atomic E-state index is 0.785. The Hall–Kier alpha value is -0.0400. The molecule has 1 N–H and O–H groups in total. The van der Waals surface area contributed by atoms with E-state index in [-0.39, 0.29) is 0 Å². The average molecular weight is 239 g/mol. The normalized spacial score (nSPS) is 31.6. The van der Waals surface area contributed by atoms with Gasteiger partial charge in [0.2, 0.25) is 0 Å². The summed E-state index contributed by atoms with van der Waals surface area (Å²) in [4.78, 5) is 0. The fourth-order valence-corrected chi connectivity index (χ4v) is 3.48. The van der Waals surface area contributed by atoms with Crippen LogP contribution in [0.3, 0.4) is 0 Å². The lowest BCUT2D eigenvalue weighted by Crippen LogP contribution is -2.38. The van der Waals surface area contributed by atoms with E-state index in [1.165, 1.54) is 64.3 Å². The summed E-state index contributed by atoms with van der Waals surface area (Å²) in [7, 11) is 0. The van der Waals surface area contributed by atoms with Crippen molar-refractivity contribution in [1.29, 1.82) is 0 Å². The summed E-state index contributed by atoms with van der Waals surface area (Å²) in [6.07, 6.45) is 12.7. The SMILES string of the molecule is CCCC1CCCCC(CCC)C(CC)NC1. The second kappa shape index (κ2) is 8.97. The van der Waals surface area contributed by atoms with E-state index in [4.69, 9.17) is 0 Å². The van der Waals surface area contributed by atoms with E-state index in [1.807, 2.05) is 0 Å². The Balaban J connectivity index is 2.50. The van der Waals surface area contributed by atoms with E-state index in [9.17, 15) is 0 Å². The Morgan fingerprint density at radius 3 is 2.29 bits per heavy atom. The third kappa shape index (κ3) is 5.42. The van der Waals surface area contributed by atoms with E-state index in [0.29, 0.717) is 0 Å². The lowest BCUT2D eigenvalue weighted by atomic mass is 9.88. The van der Waals surface area contributed by atoms with E-state index in [2.05, 4.69) is 26.1 Å². The third-order valence-corrected chi connectivity index (χ3v) is 4.47. The van der Waals surface area contributed by atoms with Crippen LogP contribution in [-0.2, 0) is 0 Å². The molecule has 1 heterocycles. The van der Waals surface area contributed by atoms with Crippen molar-refractivity contribution in [1.82, 2.24) is 5.32 Å². The summed E-state index contributed by atoms with van der Waals surface area (Å²) in [5.74, 6) is 1.87. The number of nitrogens with one attached hydrogen (secondary N) is 1. The van der Waals surface area contributed by atoms with E-state index in [0.717, 1.165) is 17.9 Å². The molecule has 3 atom stereocenters. The van der Waals surface area contributed by atoms with Gasteiger partial charge in [-0.3, -0.25) is 0 Å². The maximum Gasteiger partial charge on any atom is 0.00928 e. The molecule has 0 spiro atoms. The Bertz CT molecular complexity index is 178. The van der Waals surface area contributed by atoms with Crippen molar-refractivity contribution in [3.05, 3.63) is 0 Å². The van der Waals surface area contributed by atoms with Gasteiger partial charge >= 0.3 is 0 Å². The molecule has 1 aliphatic heterocycles. The molecule has 1 aliphatic rings. The molecule has 1 nitrogen and oxygen atoms in total. The Kier molecular flexibility index (Phi) is 7.92. The molecule has 17 heavy (non-hydrogen) atoms. The molecule has 0 aromatic rings. The number of hydrogen-bond acceptors (Lipinski definition) is 1. The summed E-state index contributed by atoms with van der Waals surface area (Å²) in [6, 6.07) is 0.785. The number of rotatable bonds is 5. The number of hydrogen-bond donors (Lipinski definition) is 1. The first-order valence-electron chi connectivity index (χ1n) is 8.05. The Morgan fingerprint density at radius 2 is 1.65 bits per heavy atom. The highest BCUT2D eigenvalue weighted by atomic mass is 14.9. The van der Waals surface area contributed by atoms with Crippen molar-refractivity contribution in [2.24, 2.45) is 11.8 Å². The van der Waals surface area contributed by atoms with Crippen LogP contribution in [0.2, 0.25) is 0 Å². The molecule has 0 saturated carbocycles. The van der Waals surface area contributed by atoms with Crippen molar-refractivity contribution in [3.8, 4) is 0 Å². The minimum atomic E-state index is 0.785. The van der Waals surface area contributed by atoms with Gasteiger partial charge in [0, 0.05) is 6.04 Å². The van der Waals surface area contributed by atoms with Crippen molar-refractivity contribution in [2.75, 3.05) is 6.54 Å². The van der Waals surface area contributed by atoms with Gasteiger partial charge < -0.3 is 5.32 Å². The van der Waals surface area contributed by atoms with Crippen LogP contribution in [0, 0.1) is 11.8 Å². The quantitative estimate of drug-likeness (QED) is 0.729. The molecule has 1 fully saturated rings. The molecule has 3 unspecified atom stereocenters. The molecule has 1 saturated heterocycles. The summed E-state index contributed by atoms with van der Waals surface area (Å²) < 4.78 is 0. The molecule has 102 valence electrons. The maximum absolute atomic E-state index is 3.88. The molecule has 0 bridgehead atoms. The van der Waals surface area contributed by atoms with Crippen molar-refractivity contribution < 1.29 is 0 Å². The molecule has 0 aliphatic carbocycles. The standard InChI is InChI=1S/C16H33N/c1-4-9-14-11-7-8-12-15(10-5-2)16(6-3)17-13-14/h14-17H,4-13H2,1-3H3. The highest BCUT2D eigenvalue weighted by molar-refractivity contribution is 4.78. The Morgan fingerprint density at radius 1 is 0.941 bits per heavy atom. The van der Waals surface area contributed by atoms with Crippen LogP contribution in [0.1, 0.15) is 78.6 Å². The van der Waals surface area contributed by atoms with Gasteiger partial charge in [0.25, 0.3) is 0 Å². The van der Waals surface area contributed by atoms with Gasteiger partial charge in [0.15, 0.2) is 0 Å². The average Bonchev–Trinajstić information content (AvgIpc) is 2.42. The van der Waals surface area contributed by atoms with Gasteiger partial charge in [0.05, 0.1) is 0 Å². The summed E-state index contributed by atoms with van der Waals surface area (Å²) in [5, 5.41) is 3.88. The smallest absolute Gasteiger partial charge is 0.00928 e. The molecule has 1 heteroatoms. The lowest BCUT2D eigenvalue weighted by molar-refractivity contribution is 0.297. The zero-order valence-corrected chi connectivity index (χ0v) is 12.3. The largest absolute Gasteiger partial charge is 0.313 e. The monoisotopic (exact) mass is 239 g/mol. The van der Waals surface area contributed by atoms with Crippen LogP contribution in [0.15, 0.2) is 0 Å². The fraction of sp³-hybridized carbons (Fsp3) is 1.00. The van der Waals surface area contributed by atoms with Crippen LogP contribution in [0.25, 0.3) is 0 Å². The van der Waals surface area contributed by atoms with Crippen LogP contribution in [-0.4, -0.2) is 12.6 Å². The van der Waals surface area contributed by atoms with Gasteiger partial charge in [-0.2, -0.15) is 0 Å². The molecule has 0 aromatic carbocycles. The van der Waals surface area contributed by atoms with E-state index in [1.54, 1.807) is 0 Å². The van der Waals surface area contributed by atoms with E-state index >= 15 is 0 Å². The molecule has 1 rings (SSSR count). The first-order valence-corrected chi connectivity index (χ1v) is 8.05. The van der Waals surface area contributed by atoms with Crippen molar-refractivity contribution >= 4 is 0 Å². The fourth-order valence-electron chi connectivity index (χ4n) is 3.48. The lowest BCUT2D eigenvalue weighted by Gasteiger charge is -2.27. The maximum atomic E-state index is 3.88. The summed E-state index contributed by atoms with van der Waals surface area (Å²) in [6.45, 7) is 8.28. The first kappa shape index (κ1) is 15.0. The van der Waals surface area contributed by atoms with Gasteiger partial charge in [-0.15, -0.1) is 0 Å². The van der Waals surface area contributed by atoms with Crippen LogP contribution in [0.4, 0.5) is 0 Å². The predicted octanol–water partition coefficient (Wildman–Crippen LogP) is 4.76. The highest BCUT2D eigenvalue weighted by Crippen LogP contribution is 2.25. The molecular weight excluding hydrogens is 206 g/mol. The van der Waals surface area contributed by atoms with Gasteiger partial charge in [-0.1, -0.05) is 46.5 Å². The molecular formula is C16H33N. The molecule has 0 amide bonds. The van der Waals surface area contributed by atoms with Gasteiger partial charge in [0.1, 0.15) is 0 Å². The second-order valence-electron chi connectivity index (χ2n) is 5.91. The van der Waals surface area contributed by atoms with Gasteiger partial charge in [-0.05, 0) is 50.5 Å². The Labute approximate surface area is 109 Å². The zero-order chi connectivity index (χ0) is 12.5. The first-order chi connectivity index (χ1) is 8.31. The van der Waals surface area contributed by atoms with E-state index < -0.39 is 0 Å². The zero-order valence-electron chi connectivity index (χ0n) is 12.3. The van der Waals surface area contributed by atoms with Crippen LogP contribution >= 0.6 is 0 Å². The highest BCUT2D eigenvalue weighted by Gasteiger charge is 2.21. The third-order valence-electron chi connectivity index (χ3n) is 4.47. The van der Waals surface area contributed by atoms with Crippen molar-refractivity contribution in [2.45, 2.75) is 84.6 Å². The summed E-state index contributed by atoms with van der Waals surface area (Å²) in [5.41, 5.74) is 0. The topological polar surface area (TPSA) is 12.0 Å². The molecule has 0 aromatic heterocycles. The predicted molar refractivity (Wildman–Crippen MR) is 77.3 cm³/mol. The minimum Gasteiger partial charge on any atom is -0.313 e. The summed E-state index contributed by atoms with van der Waals surface area (Å²) >= 11 is 0. The molecule has 0 radical (unpaired) electrons.